The van der Waals surface area contributed by atoms with E-state index in [9.17, 15) is 0 Å². The van der Waals surface area contributed by atoms with Crippen molar-refractivity contribution in [3.05, 3.63) is 35.9 Å². The number of ether oxygens (including phenoxy) is 1. The highest BCUT2D eigenvalue weighted by Crippen LogP contribution is 2.33. The van der Waals surface area contributed by atoms with Crippen LogP contribution in [0.25, 0.3) is 0 Å². The van der Waals surface area contributed by atoms with Crippen molar-refractivity contribution >= 4 is 12.4 Å². The van der Waals surface area contributed by atoms with Crippen LogP contribution in [0.15, 0.2) is 30.3 Å². The monoisotopic (exact) mass is 213 g/mol. The van der Waals surface area contributed by atoms with Crippen molar-refractivity contribution in [2.24, 2.45) is 11.7 Å². The molecule has 0 radical (unpaired) electrons. The second-order valence-corrected chi connectivity index (χ2v) is 3.49. The van der Waals surface area contributed by atoms with Gasteiger partial charge in [0.2, 0.25) is 0 Å². The van der Waals surface area contributed by atoms with Gasteiger partial charge in [0.15, 0.2) is 0 Å². The molecule has 14 heavy (non-hydrogen) atoms. The van der Waals surface area contributed by atoms with Crippen molar-refractivity contribution in [3.63, 3.8) is 0 Å². The Labute approximate surface area is 90.9 Å². The zero-order valence-corrected chi connectivity index (χ0v) is 8.87. The summed E-state index contributed by atoms with van der Waals surface area (Å²) in [4.78, 5) is 0. The number of rotatable bonds is 2. The zero-order chi connectivity index (χ0) is 9.10. The van der Waals surface area contributed by atoms with Crippen molar-refractivity contribution in [1.29, 1.82) is 0 Å². The highest BCUT2D eigenvalue weighted by Gasteiger charge is 2.27. The molecule has 0 aromatic heterocycles. The fourth-order valence-electron chi connectivity index (χ4n) is 1.89. The fraction of sp³-hybridized carbons (Fsp3) is 0.455. The molecule has 1 heterocycles. The van der Waals surface area contributed by atoms with E-state index < -0.39 is 0 Å². The predicted octanol–water partition coefficient (Wildman–Crippen LogP) is 2.14. The van der Waals surface area contributed by atoms with Crippen LogP contribution in [0.1, 0.15) is 18.1 Å². The van der Waals surface area contributed by atoms with Gasteiger partial charge in [-0.15, -0.1) is 12.4 Å². The average Bonchev–Trinajstić information content (AvgIpc) is 2.67. The molecule has 0 spiro atoms. The summed E-state index contributed by atoms with van der Waals surface area (Å²) >= 11 is 0. The van der Waals surface area contributed by atoms with Gasteiger partial charge < -0.3 is 10.5 Å². The lowest BCUT2D eigenvalue weighted by Crippen LogP contribution is -2.17. The van der Waals surface area contributed by atoms with Crippen molar-refractivity contribution in [3.8, 4) is 0 Å². The van der Waals surface area contributed by atoms with Crippen LogP contribution >= 0.6 is 12.4 Å². The highest BCUT2D eigenvalue weighted by atomic mass is 35.5. The largest absolute Gasteiger partial charge is 0.373 e. The van der Waals surface area contributed by atoms with Crippen LogP contribution in [-0.2, 0) is 4.74 Å². The third-order valence-electron chi connectivity index (χ3n) is 2.65. The van der Waals surface area contributed by atoms with Gasteiger partial charge in [-0.2, -0.15) is 0 Å². The molecule has 0 unspecified atom stereocenters. The molecule has 2 N–H and O–H groups in total. The Morgan fingerprint density at radius 1 is 1.29 bits per heavy atom. The van der Waals surface area contributed by atoms with Crippen molar-refractivity contribution < 1.29 is 4.74 Å². The lowest BCUT2D eigenvalue weighted by atomic mass is 9.96. The summed E-state index contributed by atoms with van der Waals surface area (Å²) in [6.45, 7) is 1.57. The van der Waals surface area contributed by atoms with E-state index in [1.54, 1.807) is 0 Å². The Bertz CT molecular complexity index is 265. The van der Waals surface area contributed by atoms with E-state index in [-0.39, 0.29) is 18.5 Å². The van der Waals surface area contributed by atoms with Gasteiger partial charge in [0.25, 0.3) is 0 Å². The third-order valence-corrected chi connectivity index (χ3v) is 2.65. The lowest BCUT2D eigenvalue weighted by molar-refractivity contribution is 0.0925. The Kier molecular flexibility index (Phi) is 4.39. The predicted molar refractivity (Wildman–Crippen MR) is 59.5 cm³/mol. The summed E-state index contributed by atoms with van der Waals surface area (Å²) in [6.07, 6.45) is 1.32. The molecule has 1 saturated heterocycles. The molecule has 3 heteroatoms. The molecular formula is C11H16ClNO. The van der Waals surface area contributed by atoms with Crippen molar-refractivity contribution in [2.75, 3.05) is 13.2 Å². The van der Waals surface area contributed by atoms with E-state index in [1.165, 1.54) is 5.56 Å². The summed E-state index contributed by atoms with van der Waals surface area (Å²) in [5, 5.41) is 0. The molecule has 1 aliphatic rings. The molecule has 1 aromatic rings. The lowest BCUT2D eigenvalue weighted by Gasteiger charge is -2.16. The number of hydrogen-bond donors (Lipinski definition) is 1. The van der Waals surface area contributed by atoms with Gasteiger partial charge >= 0.3 is 0 Å². The van der Waals surface area contributed by atoms with Crippen molar-refractivity contribution in [1.82, 2.24) is 0 Å². The maximum absolute atomic E-state index is 5.68. The van der Waals surface area contributed by atoms with Crippen LogP contribution in [-0.4, -0.2) is 13.2 Å². The normalized spacial score (nSPS) is 25.8. The molecule has 1 aliphatic heterocycles. The minimum atomic E-state index is 0. The number of hydrogen-bond acceptors (Lipinski definition) is 2. The van der Waals surface area contributed by atoms with E-state index >= 15 is 0 Å². The standard InChI is InChI=1S/C11H15NO.ClH/c12-8-10-6-7-13-11(10)9-4-2-1-3-5-9;/h1-5,10-11H,6-8,12H2;1H/t10-,11-;/m1./s1. The van der Waals surface area contributed by atoms with Crippen LogP contribution < -0.4 is 5.73 Å². The fourth-order valence-corrected chi connectivity index (χ4v) is 1.89. The molecule has 2 rings (SSSR count). The number of benzene rings is 1. The van der Waals surface area contributed by atoms with Gasteiger partial charge in [-0.3, -0.25) is 0 Å². The summed E-state index contributed by atoms with van der Waals surface area (Å²) in [5.41, 5.74) is 6.94. The first kappa shape index (κ1) is 11.5. The molecule has 1 aromatic carbocycles. The summed E-state index contributed by atoms with van der Waals surface area (Å²) in [6, 6.07) is 10.3. The van der Waals surface area contributed by atoms with E-state index in [4.69, 9.17) is 10.5 Å². The molecule has 78 valence electrons. The molecule has 2 nitrogen and oxygen atoms in total. The molecule has 0 amide bonds. The summed E-state index contributed by atoms with van der Waals surface area (Å²) in [7, 11) is 0. The van der Waals surface area contributed by atoms with Crippen LogP contribution in [0.4, 0.5) is 0 Å². The van der Waals surface area contributed by atoms with Gasteiger partial charge in [0.1, 0.15) is 0 Å². The molecular weight excluding hydrogens is 198 g/mol. The van der Waals surface area contributed by atoms with Gasteiger partial charge in [0, 0.05) is 12.5 Å². The molecule has 0 aliphatic carbocycles. The van der Waals surface area contributed by atoms with Crippen LogP contribution in [0.5, 0.6) is 0 Å². The molecule has 0 bridgehead atoms. The topological polar surface area (TPSA) is 35.2 Å². The smallest absolute Gasteiger partial charge is 0.0865 e. The first-order chi connectivity index (χ1) is 6.42. The maximum atomic E-state index is 5.68. The Balaban J connectivity index is 0.000000980. The molecule has 2 atom stereocenters. The number of halogens is 1. The molecule has 1 fully saturated rings. The first-order valence-corrected chi connectivity index (χ1v) is 4.78. The Morgan fingerprint density at radius 3 is 2.64 bits per heavy atom. The highest BCUT2D eigenvalue weighted by molar-refractivity contribution is 5.85. The van der Waals surface area contributed by atoms with Gasteiger partial charge in [-0.25, -0.2) is 0 Å². The van der Waals surface area contributed by atoms with E-state index in [2.05, 4.69) is 12.1 Å². The van der Waals surface area contributed by atoms with Crippen LogP contribution in [0.3, 0.4) is 0 Å². The minimum absolute atomic E-state index is 0. The van der Waals surface area contributed by atoms with Crippen LogP contribution in [0.2, 0.25) is 0 Å². The second kappa shape index (κ2) is 5.35. The van der Waals surface area contributed by atoms with Gasteiger partial charge in [0.05, 0.1) is 6.10 Å². The number of nitrogens with two attached hydrogens (primary N) is 1. The van der Waals surface area contributed by atoms with E-state index in [0.29, 0.717) is 5.92 Å². The quantitative estimate of drug-likeness (QED) is 0.817. The van der Waals surface area contributed by atoms with Crippen LogP contribution in [0, 0.1) is 5.92 Å². The van der Waals surface area contributed by atoms with Gasteiger partial charge in [-0.1, -0.05) is 30.3 Å². The van der Waals surface area contributed by atoms with E-state index in [0.717, 1.165) is 19.6 Å². The summed E-state index contributed by atoms with van der Waals surface area (Å²) in [5.74, 6) is 0.502. The maximum Gasteiger partial charge on any atom is 0.0865 e. The molecule has 0 saturated carbocycles. The summed E-state index contributed by atoms with van der Waals surface area (Å²) < 4.78 is 5.66. The Morgan fingerprint density at radius 2 is 2.00 bits per heavy atom. The van der Waals surface area contributed by atoms with Crippen molar-refractivity contribution in [2.45, 2.75) is 12.5 Å². The zero-order valence-electron chi connectivity index (χ0n) is 8.06. The SMILES string of the molecule is Cl.NC[C@H]1CCO[C@@H]1c1ccccc1. The Hall–Kier alpha value is -0.570. The van der Waals surface area contributed by atoms with E-state index in [1.807, 2.05) is 18.2 Å². The van der Waals surface area contributed by atoms with Gasteiger partial charge in [-0.05, 0) is 18.5 Å². The third kappa shape index (κ3) is 2.27. The average molecular weight is 214 g/mol. The minimum Gasteiger partial charge on any atom is -0.373 e. The first-order valence-electron chi connectivity index (χ1n) is 4.78. The second-order valence-electron chi connectivity index (χ2n) is 3.49.